The van der Waals surface area contributed by atoms with Gasteiger partial charge in [0.1, 0.15) is 17.6 Å². The molecule has 1 rings (SSSR count). The molecule has 6 nitrogen and oxygen atoms in total. The van der Waals surface area contributed by atoms with Crippen molar-refractivity contribution < 1.29 is 14.7 Å². The minimum absolute atomic E-state index is 0.111. The number of carboxylic acid groups (broad SMARTS) is 1. The van der Waals surface area contributed by atoms with E-state index in [2.05, 4.69) is 17.2 Å². The maximum atomic E-state index is 12.3. The van der Waals surface area contributed by atoms with Crippen molar-refractivity contribution >= 4 is 35.2 Å². The molecule has 0 aromatic carbocycles. The first kappa shape index (κ1) is 18.8. The van der Waals surface area contributed by atoms with Crippen molar-refractivity contribution in [2.45, 2.75) is 38.6 Å². The Morgan fingerprint density at radius 2 is 2.18 bits per heavy atom. The van der Waals surface area contributed by atoms with Crippen LogP contribution in [0, 0.1) is 0 Å². The van der Waals surface area contributed by atoms with Crippen LogP contribution in [0.2, 0.25) is 5.15 Å². The highest BCUT2D eigenvalue weighted by Crippen LogP contribution is 2.18. The van der Waals surface area contributed by atoms with Crippen molar-refractivity contribution in [2.24, 2.45) is 7.05 Å². The highest BCUT2D eigenvalue weighted by molar-refractivity contribution is 7.98. The van der Waals surface area contributed by atoms with Crippen molar-refractivity contribution in [2.75, 3.05) is 12.0 Å². The molecule has 0 spiro atoms. The highest BCUT2D eigenvalue weighted by atomic mass is 35.5. The van der Waals surface area contributed by atoms with E-state index in [4.69, 9.17) is 11.6 Å². The number of aryl methyl sites for hydroxylation is 1. The lowest BCUT2D eigenvalue weighted by Gasteiger charge is -2.14. The quantitative estimate of drug-likeness (QED) is 0.716. The van der Waals surface area contributed by atoms with Gasteiger partial charge in [0.2, 0.25) is 0 Å². The monoisotopic (exact) mass is 347 g/mol. The number of nitrogens with zero attached hydrogens (tertiary/aromatic N) is 2. The largest absolute Gasteiger partial charge is 0.480 e. The van der Waals surface area contributed by atoms with E-state index in [1.54, 1.807) is 11.6 Å². The van der Waals surface area contributed by atoms with E-state index in [1.807, 2.05) is 6.26 Å². The fourth-order valence-corrected chi connectivity index (χ4v) is 2.81. The molecule has 1 atom stereocenters. The molecule has 124 valence electrons. The van der Waals surface area contributed by atoms with Gasteiger partial charge in [0.05, 0.1) is 0 Å². The van der Waals surface area contributed by atoms with E-state index in [-0.39, 0.29) is 10.8 Å². The third-order valence-corrected chi connectivity index (χ3v) is 4.24. The van der Waals surface area contributed by atoms with Gasteiger partial charge in [-0.3, -0.25) is 4.79 Å². The number of carbonyl (C=O) groups excluding carboxylic acids is 1. The Balaban J connectivity index is 2.87. The number of aliphatic carboxylic acids is 1. The summed E-state index contributed by atoms with van der Waals surface area (Å²) in [4.78, 5) is 27.7. The van der Waals surface area contributed by atoms with Crippen molar-refractivity contribution in [3.8, 4) is 0 Å². The number of carbonyl (C=O) groups is 2. The zero-order valence-electron chi connectivity index (χ0n) is 13.1. The molecule has 1 aromatic rings. The molecule has 0 aliphatic heterocycles. The number of aromatic nitrogens is 2. The summed E-state index contributed by atoms with van der Waals surface area (Å²) in [7, 11) is 1.72. The lowest BCUT2D eigenvalue weighted by atomic mass is 10.2. The fraction of sp³-hybridized carbons (Fsp3) is 0.643. The molecule has 0 bridgehead atoms. The van der Waals surface area contributed by atoms with Gasteiger partial charge in [-0.05, 0) is 24.9 Å². The van der Waals surface area contributed by atoms with E-state index in [0.717, 1.165) is 25.1 Å². The molecule has 1 heterocycles. The summed E-state index contributed by atoms with van der Waals surface area (Å²) in [5, 5.41) is 11.8. The SMILES string of the molecule is CCCCc1nc(Cl)c(C(=O)N[C@@H](CCSC)C(=O)O)n1C. The summed E-state index contributed by atoms with van der Waals surface area (Å²) in [6, 6.07) is -0.926. The topological polar surface area (TPSA) is 84.2 Å². The van der Waals surface area contributed by atoms with Gasteiger partial charge in [0, 0.05) is 13.5 Å². The Morgan fingerprint density at radius 3 is 2.73 bits per heavy atom. The number of hydrogen-bond acceptors (Lipinski definition) is 4. The number of imidazole rings is 1. The number of hydrogen-bond donors (Lipinski definition) is 2. The second-order valence-corrected chi connectivity index (χ2v) is 6.32. The molecule has 2 N–H and O–H groups in total. The molecule has 8 heteroatoms. The lowest BCUT2D eigenvalue weighted by molar-refractivity contribution is -0.139. The molecule has 0 fully saturated rings. The molecule has 22 heavy (non-hydrogen) atoms. The Morgan fingerprint density at radius 1 is 1.50 bits per heavy atom. The summed E-state index contributed by atoms with van der Waals surface area (Å²) < 4.78 is 1.64. The van der Waals surface area contributed by atoms with Crippen LogP contribution < -0.4 is 5.32 Å². The van der Waals surface area contributed by atoms with Gasteiger partial charge < -0.3 is 15.0 Å². The first-order chi connectivity index (χ1) is 10.4. The molecular weight excluding hydrogens is 326 g/mol. The summed E-state index contributed by atoms with van der Waals surface area (Å²) in [5.74, 6) is -0.172. The van der Waals surface area contributed by atoms with Crippen molar-refractivity contribution in [1.82, 2.24) is 14.9 Å². The van der Waals surface area contributed by atoms with Gasteiger partial charge in [-0.25, -0.2) is 9.78 Å². The van der Waals surface area contributed by atoms with Crippen molar-refractivity contribution in [3.05, 3.63) is 16.7 Å². The number of unbranched alkanes of at least 4 members (excludes halogenated alkanes) is 1. The van der Waals surface area contributed by atoms with Crippen LogP contribution in [0.25, 0.3) is 0 Å². The predicted molar refractivity (Wildman–Crippen MR) is 88.7 cm³/mol. The standard InChI is InChI=1S/C14H22ClN3O3S/c1-4-5-6-10-17-12(15)11(18(10)2)13(19)16-9(14(20)21)7-8-22-3/h9H,4-8H2,1-3H3,(H,16,19)(H,20,21)/t9-/m0/s1. The van der Waals surface area contributed by atoms with E-state index in [0.29, 0.717) is 12.2 Å². The second kappa shape index (κ2) is 9.05. The number of nitrogens with one attached hydrogen (secondary N) is 1. The summed E-state index contributed by atoms with van der Waals surface area (Å²) in [5.41, 5.74) is 0.211. The van der Waals surface area contributed by atoms with Gasteiger partial charge in [-0.2, -0.15) is 11.8 Å². The predicted octanol–water partition coefficient (Wildman–Crippen LogP) is 2.35. The van der Waals surface area contributed by atoms with Crippen LogP contribution in [-0.2, 0) is 18.3 Å². The Hall–Kier alpha value is -1.21. The fourth-order valence-electron chi connectivity index (χ4n) is 2.03. The van der Waals surface area contributed by atoms with Crippen LogP contribution in [0.15, 0.2) is 0 Å². The normalized spacial score (nSPS) is 12.2. The van der Waals surface area contributed by atoms with Gasteiger partial charge in [0.25, 0.3) is 5.91 Å². The second-order valence-electron chi connectivity index (χ2n) is 4.98. The Labute approximate surface area is 139 Å². The molecule has 0 saturated heterocycles. The first-order valence-electron chi connectivity index (χ1n) is 7.16. The zero-order chi connectivity index (χ0) is 16.7. The van der Waals surface area contributed by atoms with Crippen LogP contribution in [0.3, 0.4) is 0 Å². The van der Waals surface area contributed by atoms with Crippen LogP contribution in [0.5, 0.6) is 0 Å². The molecular formula is C14H22ClN3O3S. The summed E-state index contributed by atoms with van der Waals surface area (Å²) in [6.45, 7) is 2.07. The van der Waals surface area contributed by atoms with Crippen LogP contribution in [0.4, 0.5) is 0 Å². The summed E-state index contributed by atoms with van der Waals surface area (Å²) >= 11 is 7.58. The van der Waals surface area contributed by atoms with Crippen LogP contribution in [-0.4, -0.2) is 44.6 Å². The zero-order valence-corrected chi connectivity index (χ0v) is 14.6. The molecule has 0 aliphatic rings. The van der Waals surface area contributed by atoms with E-state index in [9.17, 15) is 14.7 Å². The average molecular weight is 348 g/mol. The van der Waals surface area contributed by atoms with Gasteiger partial charge in [-0.1, -0.05) is 24.9 Å². The Kier molecular flexibility index (Phi) is 7.75. The maximum Gasteiger partial charge on any atom is 0.326 e. The van der Waals surface area contributed by atoms with Gasteiger partial charge in [-0.15, -0.1) is 0 Å². The number of amides is 1. The third kappa shape index (κ3) is 4.91. The molecule has 1 aromatic heterocycles. The lowest BCUT2D eigenvalue weighted by Crippen LogP contribution is -2.41. The van der Waals surface area contributed by atoms with Crippen LogP contribution in [0.1, 0.15) is 42.5 Å². The minimum atomic E-state index is -1.05. The molecule has 0 saturated carbocycles. The van der Waals surface area contributed by atoms with Crippen LogP contribution >= 0.6 is 23.4 Å². The molecule has 1 amide bonds. The smallest absolute Gasteiger partial charge is 0.326 e. The number of halogens is 1. The average Bonchev–Trinajstić information content (AvgIpc) is 2.75. The van der Waals surface area contributed by atoms with Gasteiger partial charge >= 0.3 is 5.97 Å². The number of thioether (sulfide) groups is 1. The number of rotatable bonds is 9. The molecule has 0 radical (unpaired) electrons. The molecule has 0 aliphatic carbocycles. The van der Waals surface area contributed by atoms with E-state index in [1.165, 1.54) is 11.8 Å². The maximum absolute atomic E-state index is 12.3. The third-order valence-electron chi connectivity index (χ3n) is 3.33. The first-order valence-corrected chi connectivity index (χ1v) is 8.93. The van der Waals surface area contributed by atoms with Crippen molar-refractivity contribution in [3.63, 3.8) is 0 Å². The number of carboxylic acids is 1. The minimum Gasteiger partial charge on any atom is -0.480 e. The van der Waals surface area contributed by atoms with Crippen molar-refractivity contribution in [1.29, 1.82) is 0 Å². The van der Waals surface area contributed by atoms with E-state index < -0.39 is 17.9 Å². The summed E-state index contributed by atoms with van der Waals surface area (Å²) in [6.07, 6.45) is 4.95. The van der Waals surface area contributed by atoms with E-state index >= 15 is 0 Å². The molecule has 0 unspecified atom stereocenters. The van der Waals surface area contributed by atoms with Gasteiger partial charge in [0.15, 0.2) is 5.15 Å². The highest BCUT2D eigenvalue weighted by Gasteiger charge is 2.25. The Bertz CT molecular complexity index is 534.